The number of hydrogen-bond donors (Lipinski definition) is 2. The molecule has 3 nitrogen and oxygen atoms in total. The predicted molar refractivity (Wildman–Crippen MR) is 50.3 cm³/mol. The van der Waals surface area contributed by atoms with Crippen molar-refractivity contribution in [3.8, 4) is 0 Å². The van der Waals surface area contributed by atoms with Crippen molar-refractivity contribution in [1.29, 1.82) is 0 Å². The van der Waals surface area contributed by atoms with Crippen LogP contribution in [0.1, 0.15) is 22.8 Å². The van der Waals surface area contributed by atoms with Gasteiger partial charge in [-0.25, -0.2) is 0 Å². The molecule has 0 aliphatic rings. The van der Waals surface area contributed by atoms with Gasteiger partial charge in [-0.1, -0.05) is 18.2 Å². The minimum Gasteiger partial charge on any atom is -0.393 e. The van der Waals surface area contributed by atoms with Crippen LogP contribution in [-0.4, -0.2) is 17.1 Å². The maximum absolute atomic E-state index is 10.9. The third-order valence-electron chi connectivity index (χ3n) is 1.80. The van der Waals surface area contributed by atoms with Crippen molar-refractivity contribution < 1.29 is 9.90 Å². The molecule has 0 radical (unpaired) electrons. The van der Waals surface area contributed by atoms with E-state index in [2.05, 4.69) is 0 Å². The molecule has 0 bridgehead atoms. The minimum absolute atomic E-state index is 0.448. The standard InChI is InChI=1S/C10H13NO2/c1-7(12)6-8-4-2-3-5-9(8)10(11)13/h2-5,7,12H,6H2,1H3,(H2,11,13). The summed E-state index contributed by atoms with van der Waals surface area (Å²) in [6, 6.07) is 7.04. The molecule has 0 saturated carbocycles. The van der Waals surface area contributed by atoms with Gasteiger partial charge in [0.25, 0.3) is 0 Å². The molecule has 1 aromatic rings. The van der Waals surface area contributed by atoms with Gasteiger partial charge in [0.05, 0.1) is 6.10 Å². The van der Waals surface area contributed by atoms with E-state index in [1.165, 1.54) is 0 Å². The molecule has 0 heterocycles. The second-order valence-electron chi connectivity index (χ2n) is 3.07. The van der Waals surface area contributed by atoms with Gasteiger partial charge in [-0.15, -0.1) is 0 Å². The average Bonchev–Trinajstić information content (AvgIpc) is 2.03. The van der Waals surface area contributed by atoms with Gasteiger partial charge >= 0.3 is 0 Å². The molecular weight excluding hydrogens is 166 g/mol. The smallest absolute Gasteiger partial charge is 0.248 e. The fourth-order valence-corrected chi connectivity index (χ4v) is 1.26. The van der Waals surface area contributed by atoms with Gasteiger partial charge in [0, 0.05) is 5.56 Å². The van der Waals surface area contributed by atoms with Crippen LogP contribution in [0.4, 0.5) is 0 Å². The molecule has 0 aromatic heterocycles. The van der Waals surface area contributed by atoms with Gasteiger partial charge in [0.15, 0.2) is 0 Å². The molecule has 0 saturated heterocycles. The number of carbonyl (C=O) groups is 1. The third-order valence-corrected chi connectivity index (χ3v) is 1.80. The van der Waals surface area contributed by atoms with Crippen LogP contribution < -0.4 is 5.73 Å². The molecule has 1 rings (SSSR count). The molecule has 0 spiro atoms. The normalized spacial score (nSPS) is 12.5. The molecule has 1 atom stereocenters. The molecule has 1 aromatic carbocycles. The summed E-state index contributed by atoms with van der Waals surface area (Å²) >= 11 is 0. The highest BCUT2D eigenvalue weighted by atomic mass is 16.3. The van der Waals surface area contributed by atoms with Crippen LogP contribution in [0.15, 0.2) is 24.3 Å². The number of rotatable bonds is 3. The van der Waals surface area contributed by atoms with Crippen molar-refractivity contribution in [1.82, 2.24) is 0 Å². The molecule has 3 heteroatoms. The summed E-state index contributed by atoms with van der Waals surface area (Å²) in [6.07, 6.45) is -0.000417. The van der Waals surface area contributed by atoms with Crippen molar-refractivity contribution in [3.05, 3.63) is 35.4 Å². The average molecular weight is 179 g/mol. The summed E-state index contributed by atoms with van der Waals surface area (Å²) in [4.78, 5) is 10.9. The predicted octanol–water partition coefficient (Wildman–Crippen LogP) is 0.709. The maximum Gasteiger partial charge on any atom is 0.248 e. The van der Waals surface area contributed by atoms with Crippen molar-refractivity contribution in [3.63, 3.8) is 0 Å². The number of carbonyl (C=O) groups excluding carboxylic acids is 1. The van der Waals surface area contributed by atoms with E-state index in [-0.39, 0.29) is 0 Å². The van der Waals surface area contributed by atoms with Gasteiger partial charge in [-0.3, -0.25) is 4.79 Å². The SMILES string of the molecule is CC(O)Cc1ccccc1C(N)=O. The van der Waals surface area contributed by atoms with Crippen molar-refractivity contribution in [2.75, 3.05) is 0 Å². The van der Waals surface area contributed by atoms with E-state index in [0.717, 1.165) is 5.56 Å². The van der Waals surface area contributed by atoms with E-state index >= 15 is 0 Å². The summed E-state index contributed by atoms with van der Waals surface area (Å²) < 4.78 is 0. The highest BCUT2D eigenvalue weighted by Crippen LogP contribution is 2.10. The van der Waals surface area contributed by atoms with Crippen LogP contribution in [0.5, 0.6) is 0 Å². The van der Waals surface area contributed by atoms with Crippen molar-refractivity contribution >= 4 is 5.91 Å². The van der Waals surface area contributed by atoms with Gasteiger partial charge in [0.1, 0.15) is 0 Å². The van der Waals surface area contributed by atoms with E-state index in [9.17, 15) is 4.79 Å². The van der Waals surface area contributed by atoms with E-state index in [1.54, 1.807) is 25.1 Å². The molecule has 70 valence electrons. The summed E-state index contributed by atoms with van der Waals surface area (Å²) in [6.45, 7) is 1.68. The fourth-order valence-electron chi connectivity index (χ4n) is 1.26. The Morgan fingerprint density at radius 2 is 2.15 bits per heavy atom. The fraction of sp³-hybridized carbons (Fsp3) is 0.300. The Bertz CT molecular complexity index is 308. The van der Waals surface area contributed by atoms with Crippen LogP contribution in [0, 0.1) is 0 Å². The zero-order chi connectivity index (χ0) is 9.84. The van der Waals surface area contributed by atoms with Gasteiger partial charge < -0.3 is 10.8 Å². The third kappa shape index (κ3) is 2.56. The number of aliphatic hydroxyl groups is 1. The second-order valence-corrected chi connectivity index (χ2v) is 3.07. The van der Waals surface area contributed by atoms with Gasteiger partial charge in [-0.2, -0.15) is 0 Å². The Kier molecular flexibility index (Phi) is 3.03. The number of primary amides is 1. The Labute approximate surface area is 77.2 Å². The number of hydrogen-bond acceptors (Lipinski definition) is 2. The molecule has 0 aliphatic heterocycles. The van der Waals surface area contributed by atoms with Crippen molar-refractivity contribution in [2.24, 2.45) is 5.73 Å². The van der Waals surface area contributed by atoms with Crippen LogP contribution >= 0.6 is 0 Å². The zero-order valence-corrected chi connectivity index (χ0v) is 7.53. The van der Waals surface area contributed by atoms with Gasteiger partial charge in [-0.05, 0) is 25.0 Å². The quantitative estimate of drug-likeness (QED) is 0.717. The van der Waals surface area contributed by atoms with Crippen LogP contribution in [0.3, 0.4) is 0 Å². The highest BCUT2D eigenvalue weighted by Gasteiger charge is 2.08. The summed E-state index contributed by atoms with van der Waals surface area (Å²) in [5, 5.41) is 9.16. The zero-order valence-electron chi connectivity index (χ0n) is 7.53. The molecule has 1 amide bonds. The number of amides is 1. The van der Waals surface area contributed by atoms with E-state index in [0.29, 0.717) is 12.0 Å². The van der Waals surface area contributed by atoms with Crippen LogP contribution in [-0.2, 0) is 6.42 Å². The van der Waals surface area contributed by atoms with E-state index in [4.69, 9.17) is 10.8 Å². The molecule has 13 heavy (non-hydrogen) atoms. The lowest BCUT2D eigenvalue weighted by molar-refractivity contribution is 0.0998. The first-order valence-corrected chi connectivity index (χ1v) is 4.17. The molecule has 0 aliphatic carbocycles. The lowest BCUT2D eigenvalue weighted by Crippen LogP contribution is -2.16. The first-order chi connectivity index (χ1) is 6.11. The second kappa shape index (κ2) is 4.05. The Hall–Kier alpha value is -1.35. The molecular formula is C10H13NO2. The molecule has 1 unspecified atom stereocenters. The lowest BCUT2D eigenvalue weighted by atomic mass is 10.0. The van der Waals surface area contributed by atoms with Gasteiger partial charge in [0.2, 0.25) is 5.91 Å². The molecule has 0 fully saturated rings. The summed E-state index contributed by atoms with van der Waals surface area (Å²) in [7, 11) is 0. The summed E-state index contributed by atoms with van der Waals surface area (Å²) in [5.41, 5.74) is 6.46. The van der Waals surface area contributed by atoms with Crippen LogP contribution in [0.25, 0.3) is 0 Å². The minimum atomic E-state index is -0.458. The highest BCUT2D eigenvalue weighted by molar-refractivity contribution is 5.94. The number of nitrogens with two attached hydrogens (primary N) is 1. The lowest BCUT2D eigenvalue weighted by Gasteiger charge is -2.07. The first-order valence-electron chi connectivity index (χ1n) is 4.17. The summed E-state index contributed by atoms with van der Waals surface area (Å²) in [5.74, 6) is -0.448. The van der Waals surface area contributed by atoms with Crippen molar-refractivity contribution in [2.45, 2.75) is 19.4 Å². The Morgan fingerprint density at radius 3 is 2.69 bits per heavy atom. The topological polar surface area (TPSA) is 63.3 Å². The maximum atomic E-state index is 10.9. The Morgan fingerprint density at radius 1 is 1.54 bits per heavy atom. The monoisotopic (exact) mass is 179 g/mol. The largest absolute Gasteiger partial charge is 0.393 e. The van der Waals surface area contributed by atoms with E-state index in [1.807, 2.05) is 6.07 Å². The Balaban J connectivity index is 2.98. The van der Waals surface area contributed by atoms with E-state index < -0.39 is 12.0 Å². The molecule has 3 N–H and O–H groups in total. The number of benzene rings is 1. The number of aliphatic hydroxyl groups excluding tert-OH is 1. The van der Waals surface area contributed by atoms with Crippen LogP contribution in [0.2, 0.25) is 0 Å². The first kappa shape index (κ1) is 9.74.